The van der Waals surface area contributed by atoms with E-state index in [2.05, 4.69) is 27.0 Å². The Labute approximate surface area is 145 Å². The largest absolute Gasteiger partial charge is 0.354 e. The highest BCUT2D eigenvalue weighted by Gasteiger charge is 2.30. The van der Waals surface area contributed by atoms with Gasteiger partial charge in [0, 0.05) is 18.7 Å². The topological polar surface area (TPSA) is 61.4 Å². The van der Waals surface area contributed by atoms with Crippen molar-refractivity contribution in [3.8, 4) is 0 Å². The van der Waals surface area contributed by atoms with Crippen molar-refractivity contribution in [2.75, 3.05) is 26.0 Å². The standard InChI is InChI=1S/C18H21N3O2S/c1-21(2)16(12-7-8-24-11-12)10-19-18(23)14-9-17(22)20-15-6-4-3-5-13(14)15/h3-8,11,14,16H,9-10H2,1-2H3,(H,19,23)(H,20,22)/t14-,16-/m0/s1. The van der Waals surface area contributed by atoms with Gasteiger partial charge in [0.05, 0.1) is 12.0 Å². The maximum Gasteiger partial charge on any atom is 0.228 e. The number of hydrogen-bond donors (Lipinski definition) is 2. The number of para-hydroxylation sites is 1. The molecular formula is C18H21N3O2S. The molecule has 0 spiro atoms. The maximum absolute atomic E-state index is 12.7. The number of nitrogens with zero attached hydrogens (tertiary/aromatic N) is 1. The number of nitrogens with one attached hydrogen (secondary N) is 2. The molecule has 1 aliphatic heterocycles. The van der Waals surface area contributed by atoms with E-state index in [0.29, 0.717) is 6.54 Å². The van der Waals surface area contributed by atoms with Crippen LogP contribution in [-0.4, -0.2) is 37.4 Å². The van der Waals surface area contributed by atoms with Crippen molar-refractivity contribution in [3.63, 3.8) is 0 Å². The molecule has 2 atom stereocenters. The molecule has 2 N–H and O–H groups in total. The molecule has 0 bridgehead atoms. The summed E-state index contributed by atoms with van der Waals surface area (Å²) in [7, 11) is 4.00. The first-order valence-corrected chi connectivity index (χ1v) is 8.85. The maximum atomic E-state index is 12.7. The van der Waals surface area contributed by atoms with Gasteiger partial charge in [-0.1, -0.05) is 18.2 Å². The number of rotatable bonds is 5. The number of hydrogen-bond acceptors (Lipinski definition) is 4. The summed E-state index contributed by atoms with van der Waals surface area (Å²) in [5, 5.41) is 9.99. The second-order valence-corrected chi connectivity index (χ2v) is 6.95. The summed E-state index contributed by atoms with van der Waals surface area (Å²) < 4.78 is 0. The first kappa shape index (κ1) is 16.7. The Hall–Kier alpha value is -2.18. The number of likely N-dealkylation sites (N-methyl/N-ethyl adjacent to an activating group) is 1. The van der Waals surface area contributed by atoms with Crippen LogP contribution in [0.5, 0.6) is 0 Å². The van der Waals surface area contributed by atoms with E-state index in [-0.39, 0.29) is 24.3 Å². The van der Waals surface area contributed by atoms with Crippen LogP contribution in [0.4, 0.5) is 5.69 Å². The molecule has 0 radical (unpaired) electrons. The van der Waals surface area contributed by atoms with Crippen molar-refractivity contribution >= 4 is 28.8 Å². The molecule has 0 saturated heterocycles. The highest BCUT2D eigenvalue weighted by Crippen LogP contribution is 2.32. The Morgan fingerprint density at radius 3 is 2.88 bits per heavy atom. The van der Waals surface area contributed by atoms with Crippen LogP contribution in [0.15, 0.2) is 41.1 Å². The highest BCUT2D eigenvalue weighted by molar-refractivity contribution is 7.07. The van der Waals surface area contributed by atoms with Gasteiger partial charge in [0.1, 0.15) is 0 Å². The van der Waals surface area contributed by atoms with Crippen LogP contribution in [0, 0.1) is 0 Å². The zero-order valence-electron chi connectivity index (χ0n) is 13.8. The lowest BCUT2D eigenvalue weighted by molar-refractivity contribution is -0.126. The van der Waals surface area contributed by atoms with E-state index < -0.39 is 5.92 Å². The molecule has 126 valence electrons. The second kappa shape index (κ2) is 7.15. The molecule has 3 rings (SSSR count). The minimum absolute atomic E-state index is 0.0978. The SMILES string of the molecule is CN(C)[C@@H](CNC(=O)[C@H]1CC(=O)Nc2ccccc21)c1ccsc1. The molecule has 2 amide bonds. The quantitative estimate of drug-likeness (QED) is 0.877. The molecule has 6 heteroatoms. The highest BCUT2D eigenvalue weighted by atomic mass is 32.1. The fraction of sp³-hybridized carbons (Fsp3) is 0.333. The lowest BCUT2D eigenvalue weighted by Crippen LogP contribution is -2.39. The number of benzene rings is 1. The second-order valence-electron chi connectivity index (χ2n) is 6.17. The molecule has 1 aromatic carbocycles. The Kier molecular flexibility index (Phi) is 4.97. The Morgan fingerprint density at radius 2 is 2.17 bits per heavy atom. The van der Waals surface area contributed by atoms with Crippen molar-refractivity contribution in [1.82, 2.24) is 10.2 Å². The van der Waals surface area contributed by atoms with Crippen LogP contribution in [0.2, 0.25) is 0 Å². The fourth-order valence-corrected chi connectivity index (χ4v) is 3.74. The predicted octanol–water partition coefficient (Wildman–Crippen LogP) is 2.59. The van der Waals surface area contributed by atoms with Crippen LogP contribution in [0.25, 0.3) is 0 Å². The molecular weight excluding hydrogens is 322 g/mol. The fourth-order valence-electron chi connectivity index (χ4n) is 3.03. The van der Waals surface area contributed by atoms with E-state index in [9.17, 15) is 9.59 Å². The van der Waals surface area contributed by atoms with Crippen molar-refractivity contribution in [2.24, 2.45) is 0 Å². The number of anilines is 1. The molecule has 0 fully saturated rings. The molecule has 2 aromatic rings. The summed E-state index contributed by atoms with van der Waals surface area (Å²) in [6.07, 6.45) is 0.188. The summed E-state index contributed by atoms with van der Waals surface area (Å²) >= 11 is 1.65. The van der Waals surface area contributed by atoms with Crippen LogP contribution in [0.3, 0.4) is 0 Å². The van der Waals surface area contributed by atoms with Crippen molar-refractivity contribution < 1.29 is 9.59 Å². The molecule has 0 saturated carbocycles. The minimum atomic E-state index is -0.430. The van der Waals surface area contributed by atoms with Crippen LogP contribution < -0.4 is 10.6 Å². The molecule has 0 aliphatic carbocycles. The first-order chi connectivity index (χ1) is 11.6. The molecule has 1 aromatic heterocycles. The Balaban J connectivity index is 1.72. The third-order valence-corrected chi connectivity index (χ3v) is 5.04. The normalized spacial score (nSPS) is 18.0. The van der Waals surface area contributed by atoms with Crippen LogP contribution in [0.1, 0.15) is 29.5 Å². The minimum Gasteiger partial charge on any atom is -0.354 e. The van der Waals surface area contributed by atoms with Gasteiger partial charge in [-0.3, -0.25) is 9.59 Å². The summed E-state index contributed by atoms with van der Waals surface area (Å²) in [5.41, 5.74) is 2.80. The number of carbonyl (C=O) groups excluding carboxylic acids is 2. The van der Waals surface area contributed by atoms with Gasteiger partial charge in [0.15, 0.2) is 0 Å². The van der Waals surface area contributed by atoms with Gasteiger partial charge in [-0.25, -0.2) is 0 Å². The third kappa shape index (κ3) is 3.49. The Bertz CT molecular complexity index is 728. The molecule has 1 aliphatic rings. The Morgan fingerprint density at radius 1 is 1.38 bits per heavy atom. The smallest absolute Gasteiger partial charge is 0.228 e. The van der Waals surface area contributed by atoms with E-state index in [1.165, 1.54) is 5.56 Å². The van der Waals surface area contributed by atoms with E-state index in [1.54, 1.807) is 11.3 Å². The van der Waals surface area contributed by atoms with Gasteiger partial charge in [-0.2, -0.15) is 11.3 Å². The lowest BCUT2D eigenvalue weighted by atomic mass is 9.89. The molecule has 24 heavy (non-hydrogen) atoms. The van der Waals surface area contributed by atoms with Crippen LogP contribution in [-0.2, 0) is 9.59 Å². The number of thiophene rings is 1. The molecule has 2 heterocycles. The zero-order valence-corrected chi connectivity index (χ0v) is 14.6. The average Bonchev–Trinajstić information content (AvgIpc) is 3.07. The number of amides is 2. The third-order valence-electron chi connectivity index (χ3n) is 4.34. The van der Waals surface area contributed by atoms with Gasteiger partial charge < -0.3 is 15.5 Å². The van der Waals surface area contributed by atoms with Gasteiger partial charge in [0.25, 0.3) is 0 Å². The van der Waals surface area contributed by atoms with Crippen LogP contribution >= 0.6 is 11.3 Å². The van der Waals surface area contributed by atoms with Gasteiger partial charge in [-0.05, 0) is 48.1 Å². The van der Waals surface area contributed by atoms with E-state index >= 15 is 0 Å². The predicted molar refractivity (Wildman–Crippen MR) is 96.2 cm³/mol. The van der Waals surface area contributed by atoms with Gasteiger partial charge in [0.2, 0.25) is 11.8 Å². The number of fused-ring (bicyclic) bond motifs is 1. The zero-order chi connectivity index (χ0) is 17.1. The monoisotopic (exact) mass is 343 g/mol. The van der Waals surface area contributed by atoms with Crippen molar-refractivity contribution in [2.45, 2.75) is 18.4 Å². The van der Waals surface area contributed by atoms with Crippen molar-refractivity contribution in [1.29, 1.82) is 0 Å². The lowest BCUT2D eigenvalue weighted by Gasteiger charge is -2.27. The van der Waals surface area contributed by atoms with Crippen molar-refractivity contribution in [3.05, 3.63) is 52.2 Å². The summed E-state index contributed by atoms with van der Waals surface area (Å²) in [6.45, 7) is 0.517. The summed E-state index contributed by atoms with van der Waals surface area (Å²) in [4.78, 5) is 26.7. The first-order valence-electron chi connectivity index (χ1n) is 7.91. The summed E-state index contributed by atoms with van der Waals surface area (Å²) in [5.74, 6) is -0.643. The summed E-state index contributed by atoms with van der Waals surface area (Å²) in [6, 6.07) is 9.68. The average molecular weight is 343 g/mol. The van der Waals surface area contributed by atoms with E-state index in [4.69, 9.17) is 0 Å². The van der Waals surface area contributed by atoms with E-state index in [0.717, 1.165) is 11.3 Å². The van der Waals surface area contributed by atoms with Gasteiger partial charge >= 0.3 is 0 Å². The number of carbonyl (C=O) groups is 2. The van der Waals surface area contributed by atoms with Gasteiger partial charge in [-0.15, -0.1) is 0 Å². The molecule has 5 nitrogen and oxygen atoms in total. The molecule has 0 unspecified atom stereocenters. The van der Waals surface area contributed by atoms with E-state index in [1.807, 2.05) is 43.7 Å².